The van der Waals surface area contributed by atoms with Gasteiger partial charge in [-0.1, -0.05) is 31.2 Å². The van der Waals surface area contributed by atoms with E-state index in [2.05, 4.69) is 70.3 Å². The van der Waals surface area contributed by atoms with Gasteiger partial charge in [-0.05, 0) is 24.1 Å². The summed E-state index contributed by atoms with van der Waals surface area (Å²) >= 11 is 0. The number of rotatable bonds is 3. The van der Waals surface area contributed by atoms with Gasteiger partial charge in [-0.15, -0.1) is 0 Å². The zero-order valence-electron chi connectivity index (χ0n) is 13.5. The van der Waals surface area contributed by atoms with Gasteiger partial charge in [0.15, 0.2) is 0 Å². The molecule has 0 radical (unpaired) electrons. The molecule has 1 saturated heterocycles. The van der Waals surface area contributed by atoms with Crippen LogP contribution in [0.25, 0.3) is 16.9 Å². The lowest BCUT2D eigenvalue weighted by atomic mass is 10.1. The number of hydrogen-bond donors (Lipinski definition) is 1. The Balaban J connectivity index is 1.66. The van der Waals surface area contributed by atoms with E-state index < -0.39 is 0 Å². The summed E-state index contributed by atoms with van der Waals surface area (Å²) in [4.78, 5) is 7.18. The topological polar surface area (TPSA) is 32.6 Å². The van der Waals surface area contributed by atoms with Crippen molar-refractivity contribution < 1.29 is 0 Å². The quantitative estimate of drug-likeness (QED) is 0.807. The molecule has 0 bridgehead atoms. The largest absolute Gasteiger partial charge is 0.368 e. The zero-order chi connectivity index (χ0) is 15.6. The van der Waals surface area contributed by atoms with E-state index in [0.717, 1.165) is 43.9 Å². The van der Waals surface area contributed by atoms with Crippen molar-refractivity contribution in [1.29, 1.82) is 0 Å². The first-order chi connectivity index (χ1) is 11.3. The van der Waals surface area contributed by atoms with Crippen molar-refractivity contribution in [1.82, 2.24) is 14.7 Å². The fraction of sp³-hybridized carbons (Fsp3) is 0.316. The van der Waals surface area contributed by atoms with Crippen LogP contribution in [0, 0.1) is 0 Å². The average molecular weight is 306 g/mol. The molecule has 1 aromatic carbocycles. The smallest absolute Gasteiger partial charge is 0.137 e. The third-order valence-electron chi connectivity index (χ3n) is 4.58. The lowest BCUT2D eigenvalue weighted by Gasteiger charge is -2.29. The molecule has 4 nitrogen and oxygen atoms in total. The normalized spacial score (nSPS) is 15.3. The Morgan fingerprint density at radius 2 is 1.78 bits per heavy atom. The molecule has 0 spiro atoms. The van der Waals surface area contributed by atoms with E-state index in [-0.39, 0.29) is 0 Å². The number of anilines is 1. The molecular formula is C19H22N4. The molecule has 3 aromatic rings. The van der Waals surface area contributed by atoms with Crippen LogP contribution in [0.4, 0.5) is 5.69 Å². The standard InChI is InChI=1S/C19H22N4/c1-2-15-3-5-16(6-4-15)18-14-23-13-17(7-8-19(23)21-18)22-11-9-20-10-12-22/h3-8,13-14,20H,2,9-12H2,1H3. The van der Waals surface area contributed by atoms with Crippen molar-refractivity contribution in [3.05, 3.63) is 54.4 Å². The van der Waals surface area contributed by atoms with Crippen LogP contribution in [0.15, 0.2) is 48.8 Å². The van der Waals surface area contributed by atoms with Crippen LogP contribution < -0.4 is 10.2 Å². The van der Waals surface area contributed by atoms with Crippen LogP contribution in [0.2, 0.25) is 0 Å². The average Bonchev–Trinajstić information content (AvgIpc) is 3.06. The van der Waals surface area contributed by atoms with Crippen molar-refractivity contribution in [3.8, 4) is 11.3 Å². The van der Waals surface area contributed by atoms with E-state index in [4.69, 9.17) is 4.98 Å². The minimum Gasteiger partial charge on any atom is -0.368 e. The molecule has 1 N–H and O–H groups in total. The van der Waals surface area contributed by atoms with Gasteiger partial charge < -0.3 is 14.6 Å². The molecule has 0 atom stereocenters. The van der Waals surface area contributed by atoms with Crippen molar-refractivity contribution in [2.75, 3.05) is 31.1 Å². The first-order valence-electron chi connectivity index (χ1n) is 8.37. The number of aromatic nitrogens is 2. The maximum atomic E-state index is 4.76. The Labute approximate surface area is 136 Å². The molecule has 0 unspecified atom stereocenters. The lowest BCUT2D eigenvalue weighted by Crippen LogP contribution is -2.43. The number of piperazine rings is 1. The van der Waals surface area contributed by atoms with Crippen LogP contribution in [0.5, 0.6) is 0 Å². The van der Waals surface area contributed by atoms with Gasteiger partial charge in [0.05, 0.1) is 11.4 Å². The van der Waals surface area contributed by atoms with Gasteiger partial charge in [0.2, 0.25) is 0 Å². The second-order valence-corrected chi connectivity index (χ2v) is 6.07. The highest BCUT2D eigenvalue weighted by molar-refractivity contribution is 5.64. The third-order valence-corrected chi connectivity index (χ3v) is 4.58. The van der Waals surface area contributed by atoms with Crippen LogP contribution in [-0.4, -0.2) is 35.6 Å². The molecule has 1 aliphatic rings. The summed E-state index contributed by atoms with van der Waals surface area (Å²) in [6.45, 7) is 6.41. The molecule has 4 heteroatoms. The van der Waals surface area contributed by atoms with E-state index in [1.807, 2.05) is 0 Å². The maximum absolute atomic E-state index is 4.76. The Morgan fingerprint density at radius 1 is 1.00 bits per heavy atom. The van der Waals surface area contributed by atoms with Gasteiger partial charge in [0, 0.05) is 44.1 Å². The first-order valence-corrected chi connectivity index (χ1v) is 8.37. The summed E-state index contributed by atoms with van der Waals surface area (Å²) in [6, 6.07) is 13.0. The van der Waals surface area contributed by atoms with Crippen molar-refractivity contribution in [2.45, 2.75) is 13.3 Å². The Kier molecular flexibility index (Phi) is 3.75. The van der Waals surface area contributed by atoms with Crippen LogP contribution in [0.3, 0.4) is 0 Å². The van der Waals surface area contributed by atoms with Gasteiger partial charge >= 0.3 is 0 Å². The van der Waals surface area contributed by atoms with Crippen LogP contribution in [-0.2, 0) is 6.42 Å². The summed E-state index contributed by atoms with van der Waals surface area (Å²) in [6.07, 6.45) is 5.39. The minimum atomic E-state index is 0.999. The van der Waals surface area contributed by atoms with E-state index in [0.29, 0.717) is 0 Å². The van der Waals surface area contributed by atoms with Gasteiger partial charge in [-0.3, -0.25) is 0 Å². The molecule has 0 amide bonds. The number of hydrogen-bond acceptors (Lipinski definition) is 3. The van der Waals surface area contributed by atoms with Gasteiger partial charge in [-0.25, -0.2) is 4.98 Å². The molecular weight excluding hydrogens is 284 g/mol. The van der Waals surface area contributed by atoms with Gasteiger partial charge in [0.25, 0.3) is 0 Å². The van der Waals surface area contributed by atoms with Crippen LogP contribution >= 0.6 is 0 Å². The highest BCUT2D eigenvalue weighted by atomic mass is 15.2. The highest BCUT2D eigenvalue weighted by Crippen LogP contribution is 2.22. The minimum absolute atomic E-state index is 0.999. The van der Waals surface area contributed by atoms with Crippen molar-refractivity contribution in [2.24, 2.45) is 0 Å². The van der Waals surface area contributed by atoms with E-state index in [1.165, 1.54) is 16.8 Å². The lowest BCUT2D eigenvalue weighted by molar-refractivity contribution is 0.588. The summed E-state index contributed by atoms with van der Waals surface area (Å²) in [5.74, 6) is 0. The number of imidazole rings is 1. The molecule has 3 heterocycles. The van der Waals surface area contributed by atoms with Crippen molar-refractivity contribution >= 4 is 11.3 Å². The first kappa shape index (κ1) is 14.3. The number of nitrogens with one attached hydrogen (secondary N) is 1. The highest BCUT2D eigenvalue weighted by Gasteiger charge is 2.12. The number of nitrogens with zero attached hydrogens (tertiary/aromatic N) is 3. The number of aryl methyl sites for hydroxylation is 1. The Morgan fingerprint density at radius 3 is 2.52 bits per heavy atom. The SMILES string of the molecule is CCc1ccc(-c2cn3cc(N4CCNCC4)ccc3n2)cc1. The zero-order valence-corrected chi connectivity index (χ0v) is 13.5. The second kappa shape index (κ2) is 6.05. The van der Waals surface area contributed by atoms with Crippen LogP contribution in [0.1, 0.15) is 12.5 Å². The third kappa shape index (κ3) is 2.82. The molecule has 4 rings (SSSR count). The fourth-order valence-electron chi connectivity index (χ4n) is 3.14. The monoisotopic (exact) mass is 306 g/mol. The second-order valence-electron chi connectivity index (χ2n) is 6.07. The molecule has 23 heavy (non-hydrogen) atoms. The molecule has 2 aromatic heterocycles. The molecule has 118 valence electrons. The number of pyridine rings is 1. The summed E-state index contributed by atoms with van der Waals surface area (Å²) < 4.78 is 2.14. The van der Waals surface area contributed by atoms with E-state index >= 15 is 0 Å². The van der Waals surface area contributed by atoms with E-state index in [9.17, 15) is 0 Å². The summed E-state index contributed by atoms with van der Waals surface area (Å²) in [7, 11) is 0. The molecule has 0 aliphatic carbocycles. The predicted molar refractivity (Wildman–Crippen MR) is 95.1 cm³/mol. The van der Waals surface area contributed by atoms with E-state index in [1.54, 1.807) is 0 Å². The fourth-order valence-corrected chi connectivity index (χ4v) is 3.14. The van der Waals surface area contributed by atoms with Gasteiger partial charge in [0.1, 0.15) is 5.65 Å². The van der Waals surface area contributed by atoms with Crippen molar-refractivity contribution in [3.63, 3.8) is 0 Å². The molecule has 0 saturated carbocycles. The Bertz CT molecular complexity index is 798. The summed E-state index contributed by atoms with van der Waals surface area (Å²) in [5.41, 5.74) is 5.83. The Hall–Kier alpha value is -2.33. The predicted octanol–water partition coefficient (Wildman–Crippen LogP) is 2.97. The molecule has 1 aliphatic heterocycles. The van der Waals surface area contributed by atoms with Gasteiger partial charge in [-0.2, -0.15) is 0 Å². The summed E-state index contributed by atoms with van der Waals surface area (Å²) in [5, 5.41) is 3.40. The number of benzene rings is 1. The number of fused-ring (bicyclic) bond motifs is 1. The maximum Gasteiger partial charge on any atom is 0.137 e. The molecule has 1 fully saturated rings.